The van der Waals surface area contributed by atoms with Crippen LogP contribution >= 0.6 is 23.2 Å². The van der Waals surface area contributed by atoms with Gasteiger partial charge >= 0.3 is 0 Å². The van der Waals surface area contributed by atoms with E-state index in [2.05, 4.69) is 5.32 Å². The first-order valence-corrected chi connectivity index (χ1v) is 7.75. The first kappa shape index (κ1) is 16.7. The zero-order valence-corrected chi connectivity index (χ0v) is 13.9. The number of amides is 1. The van der Waals surface area contributed by atoms with E-state index in [1.165, 1.54) is 0 Å². The SMILES string of the molecule is CC[C@@H](Oc1cccc(Cl)c1)C(=O)Nc1cccc(Cl)c1C. The fourth-order valence-corrected chi connectivity index (χ4v) is 2.34. The van der Waals surface area contributed by atoms with Crippen LogP contribution in [-0.4, -0.2) is 12.0 Å². The van der Waals surface area contributed by atoms with Gasteiger partial charge in [0.1, 0.15) is 5.75 Å². The van der Waals surface area contributed by atoms with Gasteiger partial charge in [0.25, 0.3) is 5.91 Å². The van der Waals surface area contributed by atoms with Crippen molar-refractivity contribution in [2.45, 2.75) is 26.4 Å². The Morgan fingerprint density at radius 3 is 2.64 bits per heavy atom. The van der Waals surface area contributed by atoms with Crippen molar-refractivity contribution in [3.63, 3.8) is 0 Å². The highest BCUT2D eigenvalue weighted by molar-refractivity contribution is 6.31. The smallest absolute Gasteiger partial charge is 0.265 e. The number of benzene rings is 2. The Morgan fingerprint density at radius 1 is 1.23 bits per heavy atom. The molecule has 0 fully saturated rings. The summed E-state index contributed by atoms with van der Waals surface area (Å²) in [7, 11) is 0. The van der Waals surface area contributed by atoms with Gasteiger partial charge in [0, 0.05) is 15.7 Å². The molecule has 0 saturated carbocycles. The number of carbonyl (C=O) groups excluding carboxylic acids is 1. The Labute approximate surface area is 140 Å². The van der Waals surface area contributed by atoms with E-state index in [1.54, 1.807) is 36.4 Å². The number of carbonyl (C=O) groups is 1. The number of rotatable bonds is 5. The molecule has 0 aromatic heterocycles. The zero-order valence-electron chi connectivity index (χ0n) is 12.4. The molecule has 2 rings (SSSR count). The van der Waals surface area contributed by atoms with Crippen LogP contribution < -0.4 is 10.1 Å². The molecule has 2 aromatic rings. The van der Waals surface area contributed by atoms with Gasteiger partial charge < -0.3 is 10.1 Å². The average Bonchev–Trinajstić information content (AvgIpc) is 2.49. The van der Waals surface area contributed by atoms with E-state index < -0.39 is 6.10 Å². The second-order valence-electron chi connectivity index (χ2n) is 4.87. The van der Waals surface area contributed by atoms with Crippen molar-refractivity contribution in [3.05, 3.63) is 58.1 Å². The summed E-state index contributed by atoms with van der Waals surface area (Å²) >= 11 is 12.0. The fourth-order valence-electron chi connectivity index (χ4n) is 1.98. The quantitative estimate of drug-likeness (QED) is 0.824. The van der Waals surface area contributed by atoms with Gasteiger partial charge in [-0.25, -0.2) is 0 Å². The summed E-state index contributed by atoms with van der Waals surface area (Å²) in [4.78, 5) is 12.4. The van der Waals surface area contributed by atoms with E-state index in [4.69, 9.17) is 27.9 Å². The normalized spacial score (nSPS) is 11.8. The molecule has 0 aliphatic carbocycles. The predicted molar refractivity (Wildman–Crippen MR) is 91.0 cm³/mol. The summed E-state index contributed by atoms with van der Waals surface area (Å²) < 4.78 is 5.72. The van der Waals surface area contributed by atoms with E-state index >= 15 is 0 Å². The summed E-state index contributed by atoms with van der Waals surface area (Å²) in [5.41, 5.74) is 1.51. The molecular formula is C17H17Cl2NO2. The van der Waals surface area contributed by atoms with E-state index in [0.717, 1.165) is 5.56 Å². The van der Waals surface area contributed by atoms with Gasteiger partial charge in [-0.05, 0) is 49.2 Å². The van der Waals surface area contributed by atoms with Gasteiger partial charge in [-0.2, -0.15) is 0 Å². The van der Waals surface area contributed by atoms with Gasteiger partial charge in [-0.3, -0.25) is 4.79 Å². The molecule has 0 radical (unpaired) electrons. The molecule has 1 N–H and O–H groups in total. The van der Waals surface area contributed by atoms with Crippen LogP contribution in [-0.2, 0) is 4.79 Å². The maximum absolute atomic E-state index is 12.4. The highest BCUT2D eigenvalue weighted by Crippen LogP contribution is 2.24. The van der Waals surface area contributed by atoms with Crippen LogP contribution in [0.15, 0.2) is 42.5 Å². The predicted octanol–water partition coefficient (Wildman–Crippen LogP) is 5.10. The number of ether oxygens (including phenoxy) is 1. The van der Waals surface area contributed by atoms with E-state index in [1.807, 2.05) is 19.9 Å². The van der Waals surface area contributed by atoms with Crippen molar-refractivity contribution in [1.29, 1.82) is 0 Å². The number of hydrogen-bond donors (Lipinski definition) is 1. The summed E-state index contributed by atoms with van der Waals surface area (Å²) in [6, 6.07) is 12.4. The van der Waals surface area contributed by atoms with Crippen molar-refractivity contribution >= 4 is 34.8 Å². The van der Waals surface area contributed by atoms with Crippen LogP contribution in [0.25, 0.3) is 0 Å². The van der Waals surface area contributed by atoms with Gasteiger partial charge in [-0.1, -0.05) is 42.3 Å². The summed E-state index contributed by atoms with van der Waals surface area (Å²) in [5, 5.41) is 4.04. The highest BCUT2D eigenvalue weighted by Gasteiger charge is 2.19. The largest absolute Gasteiger partial charge is 0.481 e. The van der Waals surface area contributed by atoms with Crippen LogP contribution in [0.4, 0.5) is 5.69 Å². The van der Waals surface area contributed by atoms with Gasteiger partial charge in [0.2, 0.25) is 0 Å². The van der Waals surface area contributed by atoms with Crippen molar-refractivity contribution < 1.29 is 9.53 Å². The standard InChI is InChI=1S/C17H17Cl2NO2/c1-3-16(22-13-7-4-6-12(18)10-13)17(21)20-15-9-5-8-14(19)11(15)2/h4-10,16H,3H2,1-2H3,(H,20,21)/t16-/m1/s1. The molecular weight excluding hydrogens is 321 g/mol. The Morgan fingerprint density at radius 2 is 1.95 bits per heavy atom. The Balaban J connectivity index is 2.10. The molecule has 0 saturated heterocycles. The molecule has 1 amide bonds. The molecule has 0 aliphatic heterocycles. The summed E-state index contributed by atoms with van der Waals surface area (Å²) in [6.45, 7) is 3.75. The van der Waals surface area contributed by atoms with Crippen molar-refractivity contribution in [3.8, 4) is 5.75 Å². The molecule has 0 spiro atoms. The number of nitrogens with one attached hydrogen (secondary N) is 1. The number of halogens is 2. The Kier molecular flexibility index (Phi) is 5.69. The van der Waals surface area contributed by atoms with Gasteiger partial charge in [0.05, 0.1) is 0 Å². The van der Waals surface area contributed by atoms with Crippen LogP contribution in [0.3, 0.4) is 0 Å². The van der Waals surface area contributed by atoms with E-state index in [-0.39, 0.29) is 5.91 Å². The van der Waals surface area contributed by atoms with Crippen molar-refractivity contribution in [1.82, 2.24) is 0 Å². The lowest BCUT2D eigenvalue weighted by molar-refractivity contribution is -0.122. The molecule has 5 heteroatoms. The maximum Gasteiger partial charge on any atom is 0.265 e. The fraction of sp³-hybridized carbons (Fsp3) is 0.235. The summed E-state index contributed by atoms with van der Waals surface area (Å²) in [6.07, 6.45) is -0.0605. The van der Waals surface area contributed by atoms with Crippen molar-refractivity contribution in [2.24, 2.45) is 0 Å². The molecule has 0 aliphatic rings. The molecule has 0 unspecified atom stereocenters. The third kappa shape index (κ3) is 4.15. The molecule has 1 atom stereocenters. The molecule has 2 aromatic carbocycles. The van der Waals surface area contributed by atoms with Crippen LogP contribution in [0.5, 0.6) is 5.75 Å². The molecule has 116 valence electrons. The lowest BCUT2D eigenvalue weighted by Crippen LogP contribution is -2.32. The summed E-state index contributed by atoms with van der Waals surface area (Å²) in [5.74, 6) is 0.352. The third-order valence-electron chi connectivity index (χ3n) is 3.26. The molecule has 22 heavy (non-hydrogen) atoms. The third-order valence-corrected chi connectivity index (χ3v) is 3.91. The Bertz CT molecular complexity index is 673. The van der Waals surface area contributed by atoms with Gasteiger partial charge in [0.15, 0.2) is 6.10 Å². The molecule has 3 nitrogen and oxygen atoms in total. The average molecular weight is 338 g/mol. The first-order valence-electron chi connectivity index (χ1n) is 6.99. The Hall–Kier alpha value is -1.71. The highest BCUT2D eigenvalue weighted by atomic mass is 35.5. The minimum atomic E-state index is -0.600. The van der Waals surface area contributed by atoms with E-state index in [9.17, 15) is 4.79 Å². The van der Waals surface area contributed by atoms with Crippen molar-refractivity contribution in [2.75, 3.05) is 5.32 Å². The van der Waals surface area contributed by atoms with Gasteiger partial charge in [-0.15, -0.1) is 0 Å². The zero-order chi connectivity index (χ0) is 16.1. The monoisotopic (exact) mass is 337 g/mol. The lowest BCUT2D eigenvalue weighted by Gasteiger charge is -2.18. The second-order valence-corrected chi connectivity index (χ2v) is 5.72. The van der Waals surface area contributed by atoms with Crippen LogP contribution in [0.2, 0.25) is 10.0 Å². The number of anilines is 1. The van der Waals surface area contributed by atoms with Crippen LogP contribution in [0, 0.1) is 6.92 Å². The van der Waals surface area contributed by atoms with Crippen LogP contribution in [0.1, 0.15) is 18.9 Å². The number of hydrogen-bond acceptors (Lipinski definition) is 2. The van der Waals surface area contributed by atoms with E-state index in [0.29, 0.717) is 27.9 Å². The molecule has 0 heterocycles. The second kappa shape index (κ2) is 7.52. The minimum absolute atomic E-state index is 0.215. The lowest BCUT2D eigenvalue weighted by atomic mass is 10.2. The first-order chi connectivity index (χ1) is 10.5. The minimum Gasteiger partial charge on any atom is -0.481 e. The molecule has 0 bridgehead atoms. The topological polar surface area (TPSA) is 38.3 Å². The maximum atomic E-state index is 12.4.